The fourth-order valence-corrected chi connectivity index (χ4v) is 2.43. The van der Waals surface area contributed by atoms with Crippen LogP contribution < -0.4 is 14.2 Å². The second-order valence-electron chi connectivity index (χ2n) is 5.06. The maximum absolute atomic E-state index is 12.2. The van der Waals surface area contributed by atoms with Crippen molar-refractivity contribution in [2.75, 3.05) is 13.2 Å². The Morgan fingerprint density at radius 2 is 1.80 bits per heavy atom. The lowest BCUT2D eigenvalue weighted by atomic mass is 10.1. The fraction of sp³-hybridized carbons (Fsp3) is 0.263. The molecule has 2 rings (SSSR count). The van der Waals surface area contributed by atoms with Crippen molar-refractivity contribution in [3.05, 3.63) is 52.5 Å². The van der Waals surface area contributed by atoms with Gasteiger partial charge in [0.1, 0.15) is 5.75 Å². The molecule has 0 spiro atoms. The van der Waals surface area contributed by atoms with E-state index in [-0.39, 0.29) is 22.9 Å². The van der Waals surface area contributed by atoms with Crippen LogP contribution in [0.4, 0.5) is 0 Å². The van der Waals surface area contributed by atoms with Gasteiger partial charge in [0.2, 0.25) is 0 Å². The minimum absolute atomic E-state index is 0.0777. The van der Waals surface area contributed by atoms with Gasteiger partial charge in [-0.1, -0.05) is 23.7 Å². The molecule has 0 aromatic heterocycles. The van der Waals surface area contributed by atoms with Crippen molar-refractivity contribution < 1.29 is 19.0 Å². The molecule has 0 unspecified atom stereocenters. The Hall–Kier alpha value is -2.71. The summed E-state index contributed by atoms with van der Waals surface area (Å²) in [5.74, 6) is 0.662. The third-order valence-electron chi connectivity index (χ3n) is 3.24. The quantitative estimate of drug-likeness (QED) is 0.548. The van der Waals surface area contributed by atoms with Crippen LogP contribution in [0, 0.1) is 11.3 Å². The molecule has 0 aliphatic carbocycles. The highest BCUT2D eigenvalue weighted by Crippen LogP contribution is 2.36. The number of hydrogen-bond acceptors (Lipinski definition) is 5. The molecule has 0 bridgehead atoms. The zero-order valence-corrected chi connectivity index (χ0v) is 14.8. The standard InChI is InChI=1S/C19H18ClNO4/c1-3-23-15-7-5-13(6-8-15)11-18(22)25-19-16(20)9-14(12-21)10-17(19)24-4-2/h5-10H,3-4,11H2,1-2H3. The maximum atomic E-state index is 12.2. The summed E-state index contributed by atoms with van der Waals surface area (Å²) in [4.78, 5) is 12.2. The van der Waals surface area contributed by atoms with Crippen LogP contribution in [0.25, 0.3) is 0 Å². The van der Waals surface area contributed by atoms with Gasteiger partial charge in [-0.15, -0.1) is 0 Å². The molecule has 0 radical (unpaired) electrons. The molecule has 6 heteroatoms. The van der Waals surface area contributed by atoms with Crippen molar-refractivity contribution >= 4 is 17.6 Å². The summed E-state index contributed by atoms with van der Waals surface area (Å²) in [6.45, 7) is 4.63. The lowest BCUT2D eigenvalue weighted by molar-refractivity contribution is -0.133. The van der Waals surface area contributed by atoms with Gasteiger partial charge in [0.05, 0.1) is 36.3 Å². The molecular formula is C19H18ClNO4. The van der Waals surface area contributed by atoms with E-state index in [1.54, 1.807) is 31.2 Å². The van der Waals surface area contributed by atoms with Gasteiger partial charge in [-0.05, 0) is 37.6 Å². The molecule has 0 N–H and O–H groups in total. The highest BCUT2D eigenvalue weighted by Gasteiger charge is 2.17. The molecule has 0 aliphatic heterocycles. The number of carbonyl (C=O) groups excluding carboxylic acids is 1. The number of carbonyl (C=O) groups is 1. The van der Waals surface area contributed by atoms with Crippen LogP contribution in [0.15, 0.2) is 36.4 Å². The Labute approximate surface area is 151 Å². The smallest absolute Gasteiger partial charge is 0.315 e. The topological polar surface area (TPSA) is 68.5 Å². The summed E-state index contributed by atoms with van der Waals surface area (Å²) in [5, 5.41) is 9.16. The minimum Gasteiger partial charge on any atom is -0.494 e. The van der Waals surface area contributed by atoms with E-state index in [4.69, 9.17) is 31.1 Å². The molecule has 0 amide bonds. The number of nitriles is 1. The average molecular weight is 360 g/mol. The molecule has 130 valence electrons. The van der Waals surface area contributed by atoms with E-state index >= 15 is 0 Å². The SMILES string of the molecule is CCOc1ccc(CC(=O)Oc2c(Cl)cc(C#N)cc2OCC)cc1. The zero-order chi connectivity index (χ0) is 18.2. The Bertz CT molecular complexity index is 781. The molecule has 0 aliphatic rings. The predicted molar refractivity (Wildman–Crippen MR) is 94.3 cm³/mol. The van der Waals surface area contributed by atoms with Gasteiger partial charge in [0, 0.05) is 6.07 Å². The second kappa shape index (κ2) is 8.95. The van der Waals surface area contributed by atoms with Crippen LogP contribution in [0.3, 0.4) is 0 Å². The fourth-order valence-electron chi connectivity index (χ4n) is 2.18. The van der Waals surface area contributed by atoms with Crippen molar-refractivity contribution in [3.8, 4) is 23.3 Å². The normalized spacial score (nSPS) is 10.0. The molecule has 2 aromatic carbocycles. The van der Waals surface area contributed by atoms with E-state index in [0.717, 1.165) is 11.3 Å². The van der Waals surface area contributed by atoms with Crippen LogP contribution in [-0.2, 0) is 11.2 Å². The molecule has 0 heterocycles. The first kappa shape index (κ1) is 18.6. The van der Waals surface area contributed by atoms with E-state index < -0.39 is 5.97 Å². The molecule has 25 heavy (non-hydrogen) atoms. The Morgan fingerprint density at radius 1 is 1.12 bits per heavy atom. The first-order chi connectivity index (χ1) is 12.1. The van der Waals surface area contributed by atoms with E-state index in [2.05, 4.69) is 0 Å². The summed E-state index contributed by atoms with van der Waals surface area (Å²) < 4.78 is 16.2. The van der Waals surface area contributed by atoms with Crippen LogP contribution in [-0.4, -0.2) is 19.2 Å². The number of ether oxygens (including phenoxy) is 3. The summed E-state index contributed by atoms with van der Waals surface area (Å²) in [5.41, 5.74) is 1.12. The Kier molecular flexibility index (Phi) is 6.67. The first-order valence-corrected chi connectivity index (χ1v) is 8.24. The third kappa shape index (κ3) is 5.13. The number of rotatable bonds is 7. The number of hydrogen-bond donors (Lipinski definition) is 0. The number of halogens is 1. The zero-order valence-electron chi connectivity index (χ0n) is 14.0. The van der Waals surface area contributed by atoms with Crippen molar-refractivity contribution in [3.63, 3.8) is 0 Å². The van der Waals surface area contributed by atoms with Gasteiger partial charge in [0.15, 0.2) is 11.5 Å². The first-order valence-electron chi connectivity index (χ1n) is 7.86. The monoisotopic (exact) mass is 359 g/mol. The van der Waals surface area contributed by atoms with Crippen LogP contribution in [0.2, 0.25) is 5.02 Å². The van der Waals surface area contributed by atoms with E-state index in [0.29, 0.717) is 18.8 Å². The van der Waals surface area contributed by atoms with Gasteiger partial charge < -0.3 is 14.2 Å². The lowest BCUT2D eigenvalue weighted by Crippen LogP contribution is -2.12. The third-order valence-corrected chi connectivity index (χ3v) is 3.52. The molecule has 0 saturated heterocycles. The van der Waals surface area contributed by atoms with Crippen LogP contribution in [0.5, 0.6) is 17.2 Å². The summed E-state index contributed by atoms with van der Waals surface area (Å²) >= 11 is 6.13. The van der Waals surface area contributed by atoms with Gasteiger partial charge >= 0.3 is 5.97 Å². The maximum Gasteiger partial charge on any atom is 0.315 e. The van der Waals surface area contributed by atoms with Gasteiger partial charge in [-0.25, -0.2) is 0 Å². The number of esters is 1. The Balaban J connectivity index is 2.13. The molecule has 5 nitrogen and oxygen atoms in total. The van der Waals surface area contributed by atoms with Crippen molar-refractivity contribution in [1.82, 2.24) is 0 Å². The largest absolute Gasteiger partial charge is 0.494 e. The predicted octanol–water partition coefficient (Wildman–Crippen LogP) is 4.16. The van der Waals surface area contributed by atoms with Crippen LogP contribution >= 0.6 is 11.6 Å². The molecular weight excluding hydrogens is 342 g/mol. The summed E-state index contributed by atoms with van der Waals surface area (Å²) in [6.07, 6.45) is 0.0777. The number of benzene rings is 2. The second-order valence-corrected chi connectivity index (χ2v) is 5.47. The molecule has 0 fully saturated rings. The van der Waals surface area contributed by atoms with Gasteiger partial charge in [0.25, 0.3) is 0 Å². The van der Waals surface area contributed by atoms with E-state index in [9.17, 15) is 4.79 Å². The summed E-state index contributed by atoms with van der Waals surface area (Å²) in [7, 11) is 0. The molecule has 2 aromatic rings. The molecule has 0 saturated carbocycles. The van der Waals surface area contributed by atoms with E-state index in [1.165, 1.54) is 12.1 Å². The molecule has 0 atom stereocenters. The highest BCUT2D eigenvalue weighted by atomic mass is 35.5. The van der Waals surface area contributed by atoms with Crippen molar-refractivity contribution in [1.29, 1.82) is 5.26 Å². The lowest BCUT2D eigenvalue weighted by Gasteiger charge is -2.12. The van der Waals surface area contributed by atoms with Gasteiger partial charge in [-0.2, -0.15) is 5.26 Å². The van der Waals surface area contributed by atoms with Crippen molar-refractivity contribution in [2.45, 2.75) is 20.3 Å². The van der Waals surface area contributed by atoms with Gasteiger partial charge in [-0.3, -0.25) is 4.79 Å². The van der Waals surface area contributed by atoms with Crippen LogP contribution in [0.1, 0.15) is 25.0 Å². The average Bonchev–Trinajstić information content (AvgIpc) is 2.60. The van der Waals surface area contributed by atoms with E-state index in [1.807, 2.05) is 13.0 Å². The Morgan fingerprint density at radius 3 is 2.40 bits per heavy atom. The highest BCUT2D eigenvalue weighted by molar-refractivity contribution is 6.32. The summed E-state index contributed by atoms with van der Waals surface area (Å²) in [6, 6.07) is 12.1. The van der Waals surface area contributed by atoms with Crippen molar-refractivity contribution in [2.24, 2.45) is 0 Å². The number of nitrogens with zero attached hydrogens (tertiary/aromatic N) is 1. The minimum atomic E-state index is -0.475.